The standard InChI is InChI=1S/C14H19NO3.C12H22O4/c1-5-14(2,3)13(17)15-11-8-6-10(7-9-11)12(16)18-4;1-6-12(4,5)11(13)14-7-8-15-16-9-10(2)3/h6-9H,5H2,1-4H3,(H,15,17);2,6-9H2,1,3-5H3. The van der Waals surface area contributed by atoms with Crippen LogP contribution >= 0.6 is 0 Å². The van der Waals surface area contributed by atoms with E-state index in [0.29, 0.717) is 17.9 Å². The van der Waals surface area contributed by atoms with Crippen LogP contribution in [0, 0.1) is 10.8 Å². The zero-order valence-electron chi connectivity index (χ0n) is 21.9. The van der Waals surface area contributed by atoms with E-state index in [-0.39, 0.29) is 31.1 Å². The van der Waals surface area contributed by atoms with E-state index in [0.717, 1.165) is 18.4 Å². The highest BCUT2D eigenvalue weighted by Gasteiger charge is 2.27. The van der Waals surface area contributed by atoms with Gasteiger partial charge in [-0.3, -0.25) is 9.59 Å². The Morgan fingerprint density at radius 3 is 1.94 bits per heavy atom. The first-order valence-electron chi connectivity index (χ1n) is 11.4. The molecule has 8 nitrogen and oxygen atoms in total. The van der Waals surface area contributed by atoms with E-state index < -0.39 is 10.8 Å². The van der Waals surface area contributed by atoms with Crippen molar-refractivity contribution < 1.29 is 33.6 Å². The van der Waals surface area contributed by atoms with Crippen molar-refractivity contribution in [1.29, 1.82) is 0 Å². The molecule has 0 aromatic heterocycles. The highest BCUT2D eigenvalue weighted by Crippen LogP contribution is 2.23. The minimum Gasteiger partial charge on any atom is -0.465 e. The molecule has 34 heavy (non-hydrogen) atoms. The van der Waals surface area contributed by atoms with Crippen LogP contribution in [0.15, 0.2) is 36.4 Å². The largest absolute Gasteiger partial charge is 0.465 e. The molecular weight excluding hydrogens is 438 g/mol. The van der Waals surface area contributed by atoms with Gasteiger partial charge in [0.2, 0.25) is 5.91 Å². The number of amides is 1. The summed E-state index contributed by atoms with van der Waals surface area (Å²) in [6, 6.07) is 6.63. The third-order valence-corrected chi connectivity index (χ3v) is 5.29. The number of hydrogen-bond acceptors (Lipinski definition) is 7. The molecule has 0 unspecified atom stereocenters. The molecule has 8 heteroatoms. The molecule has 1 aromatic carbocycles. The van der Waals surface area contributed by atoms with Crippen molar-refractivity contribution in [1.82, 2.24) is 0 Å². The summed E-state index contributed by atoms with van der Waals surface area (Å²) in [5.74, 6) is -0.629. The lowest BCUT2D eigenvalue weighted by molar-refractivity contribution is -0.292. The number of carbonyl (C=O) groups excluding carboxylic acids is 3. The first-order valence-corrected chi connectivity index (χ1v) is 11.4. The average molecular weight is 480 g/mol. The second-order valence-electron chi connectivity index (χ2n) is 9.18. The molecular formula is C26H41NO7. The van der Waals surface area contributed by atoms with Crippen molar-refractivity contribution in [2.75, 3.05) is 32.2 Å². The third-order valence-electron chi connectivity index (χ3n) is 5.29. The summed E-state index contributed by atoms with van der Waals surface area (Å²) in [6.45, 7) is 17.7. The predicted molar refractivity (Wildman–Crippen MR) is 132 cm³/mol. The number of methoxy groups -OCH3 is 1. The fourth-order valence-electron chi connectivity index (χ4n) is 1.98. The Kier molecular flexibility index (Phi) is 14.0. The molecule has 0 bridgehead atoms. The maximum absolute atomic E-state index is 11.9. The fourth-order valence-corrected chi connectivity index (χ4v) is 1.98. The van der Waals surface area contributed by atoms with E-state index in [1.165, 1.54) is 7.11 Å². The van der Waals surface area contributed by atoms with Gasteiger partial charge in [0, 0.05) is 11.1 Å². The summed E-state index contributed by atoms with van der Waals surface area (Å²) >= 11 is 0. The van der Waals surface area contributed by atoms with Crippen molar-refractivity contribution >= 4 is 23.5 Å². The van der Waals surface area contributed by atoms with Crippen molar-refractivity contribution in [2.45, 2.75) is 61.3 Å². The molecule has 0 aliphatic rings. The van der Waals surface area contributed by atoms with E-state index in [4.69, 9.17) is 14.5 Å². The van der Waals surface area contributed by atoms with Gasteiger partial charge >= 0.3 is 11.9 Å². The van der Waals surface area contributed by atoms with Crippen LogP contribution in [0.2, 0.25) is 0 Å². The second kappa shape index (κ2) is 15.2. The molecule has 1 N–H and O–H groups in total. The molecule has 1 aromatic rings. The van der Waals surface area contributed by atoms with Gasteiger partial charge in [-0.15, -0.1) is 0 Å². The summed E-state index contributed by atoms with van der Waals surface area (Å²) in [5, 5.41) is 2.83. The van der Waals surface area contributed by atoms with E-state index >= 15 is 0 Å². The molecule has 0 atom stereocenters. The lowest BCUT2D eigenvalue weighted by Crippen LogP contribution is -2.29. The molecule has 0 spiro atoms. The Morgan fingerprint density at radius 1 is 0.912 bits per heavy atom. The molecule has 1 amide bonds. The molecule has 0 aliphatic heterocycles. The summed E-state index contributed by atoms with van der Waals surface area (Å²) in [4.78, 5) is 44.3. The average Bonchev–Trinajstić information content (AvgIpc) is 2.81. The zero-order valence-corrected chi connectivity index (χ0v) is 21.9. The molecule has 0 radical (unpaired) electrons. The molecule has 0 fully saturated rings. The quantitative estimate of drug-likeness (QED) is 0.142. The molecule has 1 rings (SSSR count). The van der Waals surface area contributed by atoms with E-state index in [1.807, 2.05) is 48.5 Å². The number of nitrogens with one attached hydrogen (secondary N) is 1. The number of hydrogen-bond donors (Lipinski definition) is 1. The van der Waals surface area contributed by atoms with E-state index in [1.54, 1.807) is 24.3 Å². The predicted octanol–water partition coefficient (Wildman–Crippen LogP) is 5.34. The van der Waals surface area contributed by atoms with Gasteiger partial charge in [0.15, 0.2) is 0 Å². The number of carbonyl (C=O) groups is 3. The van der Waals surface area contributed by atoms with Crippen molar-refractivity contribution in [2.24, 2.45) is 10.8 Å². The van der Waals surface area contributed by atoms with Gasteiger partial charge in [-0.1, -0.05) is 39.8 Å². The second-order valence-corrected chi connectivity index (χ2v) is 9.18. The monoisotopic (exact) mass is 479 g/mol. The summed E-state index contributed by atoms with van der Waals surface area (Å²) in [5.41, 5.74) is 1.18. The maximum Gasteiger partial charge on any atom is 0.337 e. The van der Waals surface area contributed by atoms with E-state index in [2.05, 4.69) is 16.6 Å². The zero-order chi connectivity index (χ0) is 26.4. The topological polar surface area (TPSA) is 100 Å². The molecule has 0 saturated carbocycles. The van der Waals surface area contributed by atoms with Crippen molar-refractivity contribution in [3.05, 3.63) is 42.0 Å². The van der Waals surface area contributed by atoms with Crippen LogP contribution in [0.5, 0.6) is 0 Å². The van der Waals surface area contributed by atoms with Gasteiger partial charge in [0.25, 0.3) is 0 Å². The lowest BCUT2D eigenvalue weighted by Gasteiger charge is -2.21. The van der Waals surface area contributed by atoms with Crippen molar-refractivity contribution in [3.63, 3.8) is 0 Å². The lowest BCUT2D eigenvalue weighted by atomic mass is 9.89. The van der Waals surface area contributed by atoms with Crippen LogP contribution in [0.4, 0.5) is 5.69 Å². The van der Waals surface area contributed by atoms with Gasteiger partial charge in [-0.05, 0) is 57.9 Å². The number of rotatable bonds is 12. The molecule has 0 heterocycles. The smallest absolute Gasteiger partial charge is 0.337 e. The maximum atomic E-state index is 11.9. The van der Waals surface area contributed by atoms with Crippen molar-refractivity contribution in [3.8, 4) is 0 Å². The summed E-state index contributed by atoms with van der Waals surface area (Å²) in [6.07, 6.45) is 1.51. The molecule has 0 saturated heterocycles. The number of esters is 2. The Balaban J connectivity index is 0.000000646. The van der Waals surface area contributed by atoms with Crippen LogP contribution in [0.3, 0.4) is 0 Å². The molecule has 0 aliphatic carbocycles. The Labute approximate surface area is 203 Å². The Hall–Kier alpha value is -2.71. The van der Waals surface area contributed by atoms with Gasteiger partial charge in [0.1, 0.15) is 19.8 Å². The summed E-state index contributed by atoms with van der Waals surface area (Å²) < 4.78 is 9.64. The SMILES string of the molecule is C=C(C)COOCCOC(=O)C(C)(C)CC.CCC(C)(C)C(=O)Nc1ccc(C(=O)OC)cc1. The van der Waals surface area contributed by atoms with E-state index in [9.17, 15) is 14.4 Å². The van der Waals surface area contributed by atoms with Gasteiger partial charge in [-0.2, -0.15) is 0 Å². The number of ether oxygens (including phenoxy) is 2. The highest BCUT2D eigenvalue weighted by atomic mass is 17.2. The highest BCUT2D eigenvalue weighted by molar-refractivity contribution is 5.95. The van der Waals surface area contributed by atoms with Crippen LogP contribution in [0.1, 0.15) is 71.7 Å². The number of anilines is 1. The van der Waals surface area contributed by atoms with Crippen LogP contribution in [-0.4, -0.2) is 44.8 Å². The summed E-state index contributed by atoms with van der Waals surface area (Å²) in [7, 11) is 1.34. The van der Waals surface area contributed by atoms with Crippen LogP contribution in [0.25, 0.3) is 0 Å². The first kappa shape index (κ1) is 31.3. The fraction of sp³-hybridized carbons (Fsp3) is 0.577. The minimum atomic E-state index is -0.432. The molecule has 192 valence electrons. The third kappa shape index (κ3) is 12.0. The van der Waals surface area contributed by atoms with Gasteiger partial charge < -0.3 is 14.8 Å². The Bertz CT molecular complexity index is 798. The normalized spacial score (nSPS) is 11.1. The van der Waals surface area contributed by atoms with Gasteiger partial charge in [-0.25, -0.2) is 14.6 Å². The first-order chi connectivity index (χ1) is 15.8. The van der Waals surface area contributed by atoms with Crippen LogP contribution in [-0.2, 0) is 28.8 Å². The van der Waals surface area contributed by atoms with Crippen LogP contribution < -0.4 is 5.32 Å². The Morgan fingerprint density at radius 2 is 1.47 bits per heavy atom. The minimum absolute atomic E-state index is 0.0316. The number of benzene rings is 1. The van der Waals surface area contributed by atoms with Gasteiger partial charge in [0.05, 0.1) is 18.1 Å².